The minimum absolute atomic E-state index is 0.276. The maximum absolute atomic E-state index is 6.17. The van der Waals surface area contributed by atoms with Gasteiger partial charge in [-0.05, 0) is 12.0 Å². The normalized spacial score (nSPS) is 11.1. The van der Waals surface area contributed by atoms with Gasteiger partial charge in [-0.2, -0.15) is 0 Å². The van der Waals surface area contributed by atoms with Gasteiger partial charge in [0.05, 0.1) is 24.6 Å². The fraction of sp³-hybridized carbons (Fsp3) is 0.357. The van der Waals surface area contributed by atoms with Crippen molar-refractivity contribution in [3.8, 4) is 11.5 Å². The Labute approximate surface area is 117 Å². The van der Waals surface area contributed by atoms with Crippen LogP contribution >= 0.6 is 11.6 Å². The first-order chi connectivity index (χ1) is 8.99. The van der Waals surface area contributed by atoms with Gasteiger partial charge in [-0.3, -0.25) is 0 Å². The van der Waals surface area contributed by atoms with E-state index in [2.05, 4.69) is 18.8 Å². The summed E-state index contributed by atoms with van der Waals surface area (Å²) in [6.07, 6.45) is 0. The third kappa shape index (κ3) is 2.28. The molecule has 2 rings (SSSR count). The van der Waals surface area contributed by atoms with Crippen molar-refractivity contribution in [2.45, 2.75) is 19.8 Å². The van der Waals surface area contributed by atoms with Crippen LogP contribution in [0.5, 0.6) is 11.5 Å². The van der Waals surface area contributed by atoms with Crippen LogP contribution in [0.2, 0.25) is 5.02 Å². The number of nitrogens with two attached hydrogens (primary N) is 1. The summed E-state index contributed by atoms with van der Waals surface area (Å²) in [7, 11) is 3.14. The molecule has 0 radical (unpaired) electrons. The Morgan fingerprint density at radius 3 is 2.42 bits per heavy atom. The van der Waals surface area contributed by atoms with Gasteiger partial charge < -0.3 is 15.2 Å². The number of anilines is 1. The first-order valence-corrected chi connectivity index (χ1v) is 6.38. The quantitative estimate of drug-likeness (QED) is 0.933. The largest absolute Gasteiger partial charge is 0.494 e. The van der Waals surface area contributed by atoms with E-state index >= 15 is 0 Å². The van der Waals surface area contributed by atoms with Gasteiger partial charge in [-0.1, -0.05) is 25.4 Å². The molecule has 0 bridgehead atoms. The maximum Gasteiger partial charge on any atom is 0.149 e. The predicted molar refractivity (Wildman–Crippen MR) is 78.4 cm³/mol. The zero-order valence-electron chi connectivity index (χ0n) is 11.5. The molecular weight excluding hydrogens is 264 g/mol. The Kier molecular flexibility index (Phi) is 3.71. The molecule has 0 atom stereocenters. The number of fused-ring (bicyclic) bond motifs is 1. The minimum atomic E-state index is 0.276. The Bertz CT molecular complexity index is 627. The summed E-state index contributed by atoms with van der Waals surface area (Å²) in [6.45, 7) is 4.13. The lowest BCUT2D eigenvalue weighted by Gasteiger charge is -2.15. The van der Waals surface area contributed by atoms with Gasteiger partial charge in [0.25, 0.3) is 0 Å². The van der Waals surface area contributed by atoms with Gasteiger partial charge in [0, 0.05) is 17.4 Å². The summed E-state index contributed by atoms with van der Waals surface area (Å²) < 4.78 is 10.7. The number of pyridine rings is 1. The molecule has 0 unspecified atom stereocenters. The van der Waals surface area contributed by atoms with E-state index in [-0.39, 0.29) is 5.92 Å². The molecule has 0 saturated heterocycles. The van der Waals surface area contributed by atoms with E-state index in [4.69, 9.17) is 26.8 Å². The second-order valence-electron chi connectivity index (χ2n) is 4.61. The Morgan fingerprint density at radius 1 is 1.21 bits per heavy atom. The van der Waals surface area contributed by atoms with Crippen LogP contribution in [0.25, 0.3) is 10.9 Å². The molecule has 0 aliphatic carbocycles. The van der Waals surface area contributed by atoms with Crippen LogP contribution in [0.4, 0.5) is 5.69 Å². The highest BCUT2D eigenvalue weighted by Gasteiger charge is 2.17. The molecule has 4 nitrogen and oxygen atoms in total. The van der Waals surface area contributed by atoms with E-state index in [1.54, 1.807) is 20.3 Å². The molecule has 0 spiro atoms. The molecule has 1 aromatic heterocycles. The number of hydrogen-bond donors (Lipinski definition) is 1. The Balaban J connectivity index is 2.91. The van der Waals surface area contributed by atoms with Crippen LogP contribution in [0.3, 0.4) is 0 Å². The molecule has 5 heteroatoms. The average molecular weight is 281 g/mol. The first-order valence-electron chi connectivity index (χ1n) is 6.00. The number of hydrogen-bond acceptors (Lipinski definition) is 4. The smallest absolute Gasteiger partial charge is 0.149 e. The van der Waals surface area contributed by atoms with Crippen molar-refractivity contribution in [1.82, 2.24) is 4.98 Å². The van der Waals surface area contributed by atoms with Crippen LogP contribution in [-0.2, 0) is 0 Å². The van der Waals surface area contributed by atoms with E-state index < -0.39 is 0 Å². The van der Waals surface area contributed by atoms with Gasteiger partial charge in [-0.15, -0.1) is 0 Å². The second kappa shape index (κ2) is 5.13. The highest BCUT2D eigenvalue weighted by molar-refractivity contribution is 6.34. The van der Waals surface area contributed by atoms with Crippen molar-refractivity contribution in [1.29, 1.82) is 0 Å². The van der Waals surface area contributed by atoms with Crippen molar-refractivity contribution >= 4 is 28.2 Å². The SMILES string of the molecule is COc1cc(Cl)c(OC)c2c(N)cc(C(C)C)nc12. The van der Waals surface area contributed by atoms with Gasteiger partial charge in [-0.25, -0.2) is 4.98 Å². The van der Waals surface area contributed by atoms with E-state index in [0.717, 1.165) is 5.69 Å². The Morgan fingerprint density at radius 2 is 1.89 bits per heavy atom. The van der Waals surface area contributed by atoms with Crippen LogP contribution in [0.15, 0.2) is 12.1 Å². The van der Waals surface area contributed by atoms with Crippen molar-refractivity contribution in [2.24, 2.45) is 0 Å². The molecule has 2 aromatic rings. The van der Waals surface area contributed by atoms with E-state index in [0.29, 0.717) is 33.1 Å². The summed E-state index contributed by atoms with van der Waals surface area (Å²) in [5.74, 6) is 1.39. The molecular formula is C14H17ClN2O2. The third-order valence-electron chi connectivity index (χ3n) is 3.02. The zero-order valence-corrected chi connectivity index (χ0v) is 12.2. The van der Waals surface area contributed by atoms with Gasteiger partial charge in [0.15, 0.2) is 0 Å². The molecule has 1 heterocycles. The number of rotatable bonds is 3. The molecule has 0 amide bonds. The second-order valence-corrected chi connectivity index (χ2v) is 5.02. The standard InChI is InChI=1S/C14H17ClN2O2/c1-7(2)10-6-9(16)12-13(17-10)11(18-3)5-8(15)14(12)19-4/h5-7H,1-4H3,(H2,16,17). The van der Waals surface area contributed by atoms with Crippen molar-refractivity contribution in [3.63, 3.8) is 0 Å². The molecule has 1 aromatic carbocycles. The number of ether oxygens (including phenoxy) is 2. The molecule has 0 saturated carbocycles. The van der Waals surface area contributed by atoms with E-state index in [1.165, 1.54) is 0 Å². The lowest BCUT2D eigenvalue weighted by atomic mass is 10.1. The summed E-state index contributed by atoms with van der Waals surface area (Å²) in [4.78, 5) is 4.61. The van der Waals surface area contributed by atoms with Gasteiger partial charge >= 0.3 is 0 Å². The van der Waals surface area contributed by atoms with Crippen LogP contribution in [0, 0.1) is 0 Å². The van der Waals surface area contributed by atoms with Gasteiger partial charge in [0.1, 0.15) is 17.0 Å². The Hall–Kier alpha value is -1.68. The zero-order chi connectivity index (χ0) is 14.2. The molecule has 2 N–H and O–H groups in total. The monoisotopic (exact) mass is 280 g/mol. The number of nitrogen functional groups attached to an aromatic ring is 1. The first kappa shape index (κ1) is 13.7. The van der Waals surface area contributed by atoms with Crippen LogP contribution in [-0.4, -0.2) is 19.2 Å². The number of methoxy groups -OCH3 is 2. The van der Waals surface area contributed by atoms with Crippen molar-refractivity contribution < 1.29 is 9.47 Å². The summed E-state index contributed by atoms with van der Waals surface area (Å²) in [5.41, 5.74) is 8.30. The van der Waals surface area contributed by atoms with E-state index in [1.807, 2.05) is 6.07 Å². The highest BCUT2D eigenvalue weighted by atomic mass is 35.5. The summed E-state index contributed by atoms with van der Waals surface area (Å²) >= 11 is 6.17. The molecule has 0 aliphatic heterocycles. The summed E-state index contributed by atoms with van der Waals surface area (Å²) in [5, 5.41) is 1.15. The topological polar surface area (TPSA) is 57.4 Å². The van der Waals surface area contributed by atoms with Gasteiger partial charge in [0.2, 0.25) is 0 Å². The molecule has 19 heavy (non-hydrogen) atoms. The maximum atomic E-state index is 6.17. The molecule has 102 valence electrons. The molecule has 0 fully saturated rings. The van der Waals surface area contributed by atoms with Crippen LogP contribution < -0.4 is 15.2 Å². The predicted octanol–water partition coefficient (Wildman–Crippen LogP) is 3.61. The third-order valence-corrected chi connectivity index (χ3v) is 3.30. The van der Waals surface area contributed by atoms with Crippen molar-refractivity contribution in [2.75, 3.05) is 20.0 Å². The average Bonchev–Trinajstić information content (AvgIpc) is 2.38. The van der Waals surface area contributed by atoms with Crippen molar-refractivity contribution in [3.05, 3.63) is 22.8 Å². The number of nitrogens with zero attached hydrogens (tertiary/aromatic N) is 1. The number of halogens is 1. The lowest BCUT2D eigenvalue weighted by molar-refractivity contribution is 0.410. The minimum Gasteiger partial charge on any atom is -0.494 e. The molecule has 0 aliphatic rings. The van der Waals surface area contributed by atoms with Crippen LogP contribution in [0.1, 0.15) is 25.5 Å². The number of benzene rings is 1. The number of aromatic nitrogens is 1. The van der Waals surface area contributed by atoms with E-state index in [9.17, 15) is 0 Å². The fourth-order valence-corrected chi connectivity index (χ4v) is 2.29. The summed E-state index contributed by atoms with van der Waals surface area (Å²) in [6, 6.07) is 3.55. The lowest BCUT2D eigenvalue weighted by Crippen LogP contribution is -2.01. The highest BCUT2D eigenvalue weighted by Crippen LogP contribution is 2.42. The fourth-order valence-electron chi connectivity index (χ4n) is 2.02.